The first-order valence-corrected chi connectivity index (χ1v) is 10.1. The van der Waals surface area contributed by atoms with E-state index in [0.717, 1.165) is 4.88 Å². The molecule has 2 aromatic heterocycles. The molecule has 0 fully saturated rings. The second-order valence-corrected chi connectivity index (χ2v) is 8.27. The van der Waals surface area contributed by atoms with Crippen molar-refractivity contribution in [2.24, 2.45) is 0 Å². The van der Waals surface area contributed by atoms with Crippen LogP contribution in [-0.2, 0) is 16.6 Å². The Labute approximate surface area is 156 Å². The van der Waals surface area contributed by atoms with E-state index >= 15 is 0 Å². The largest absolute Gasteiger partial charge is 0.497 e. The average Bonchev–Trinajstić information content (AvgIpc) is 3.33. The molecule has 0 atom stereocenters. The number of rotatable bonds is 8. The van der Waals surface area contributed by atoms with Crippen LogP contribution >= 0.6 is 11.3 Å². The van der Waals surface area contributed by atoms with Crippen molar-refractivity contribution in [3.05, 3.63) is 66.4 Å². The smallest absolute Gasteiger partial charge is 0.243 e. The lowest BCUT2D eigenvalue weighted by Crippen LogP contribution is -2.31. The molecule has 0 unspecified atom stereocenters. The second kappa shape index (κ2) is 7.86. The molecule has 0 saturated heterocycles. The van der Waals surface area contributed by atoms with Gasteiger partial charge in [0.05, 0.1) is 29.1 Å². The van der Waals surface area contributed by atoms with Gasteiger partial charge < -0.3 is 9.15 Å². The van der Waals surface area contributed by atoms with E-state index in [-0.39, 0.29) is 18.0 Å². The highest BCUT2D eigenvalue weighted by molar-refractivity contribution is 7.89. The highest BCUT2D eigenvalue weighted by Gasteiger charge is 2.25. The average molecular weight is 390 g/mol. The van der Waals surface area contributed by atoms with E-state index in [1.807, 2.05) is 17.5 Å². The van der Waals surface area contributed by atoms with Crippen LogP contribution in [0.2, 0.25) is 0 Å². The molecule has 0 aliphatic heterocycles. The fourth-order valence-corrected chi connectivity index (χ4v) is 4.40. The molecule has 0 N–H and O–H groups in total. The van der Waals surface area contributed by atoms with Gasteiger partial charge in [0.25, 0.3) is 0 Å². The van der Waals surface area contributed by atoms with Gasteiger partial charge in [-0.05, 0) is 35.7 Å². The van der Waals surface area contributed by atoms with Crippen molar-refractivity contribution in [3.63, 3.8) is 0 Å². The van der Waals surface area contributed by atoms with Crippen LogP contribution in [0.1, 0.15) is 5.69 Å². The molecule has 2 heterocycles. The standard InChI is InChI=1S/C18H18N2O4S2/c1-3-10-20(26(21,22)16-8-6-15(23-2)7-9-16)12-14-13-24-18(19-14)17-5-4-11-25-17/h3-9,11,13H,1,10,12H2,2H3. The first kappa shape index (κ1) is 18.4. The third-order valence-corrected chi connectivity index (χ3v) is 6.34. The summed E-state index contributed by atoms with van der Waals surface area (Å²) in [4.78, 5) is 5.47. The maximum absolute atomic E-state index is 12.9. The molecule has 0 aliphatic carbocycles. The Hall–Kier alpha value is -2.42. The molecule has 3 rings (SSSR count). The molecule has 0 bridgehead atoms. The van der Waals surface area contributed by atoms with Crippen molar-refractivity contribution in [1.29, 1.82) is 0 Å². The highest BCUT2D eigenvalue weighted by atomic mass is 32.2. The third-order valence-electron chi connectivity index (χ3n) is 3.65. The monoisotopic (exact) mass is 390 g/mol. The highest BCUT2D eigenvalue weighted by Crippen LogP contribution is 2.25. The lowest BCUT2D eigenvalue weighted by molar-refractivity contribution is 0.413. The van der Waals surface area contributed by atoms with Crippen molar-refractivity contribution >= 4 is 21.4 Å². The van der Waals surface area contributed by atoms with Gasteiger partial charge in [-0.3, -0.25) is 0 Å². The van der Waals surface area contributed by atoms with E-state index in [0.29, 0.717) is 17.3 Å². The van der Waals surface area contributed by atoms with Gasteiger partial charge in [0.2, 0.25) is 15.9 Å². The Morgan fingerprint density at radius 3 is 2.69 bits per heavy atom. The van der Waals surface area contributed by atoms with Crippen LogP contribution in [0.3, 0.4) is 0 Å². The predicted octanol–water partition coefficient (Wildman–Crippen LogP) is 3.79. The summed E-state index contributed by atoms with van der Waals surface area (Å²) in [5.74, 6) is 1.08. The van der Waals surface area contributed by atoms with Gasteiger partial charge in [0, 0.05) is 6.54 Å². The summed E-state index contributed by atoms with van der Waals surface area (Å²) < 4.78 is 37.7. The summed E-state index contributed by atoms with van der Waals surface area (Å²) in [6, 6.07) is 10.1. The minimum Gasteiger partial charge on any atom is -0.497 e. The van der Waals surface area contributed by atoms with E-state index in [9.17, 15) is 8.42 Å². The van der Waals surface area contributed by atoms with Crippen LogP contribution in [0, 0.1) is 0 Å². The van der Waals surface area contributed by atoms with Crippen molar-refractivity contribution < 1.29 is 17.6 Å². The maximum Gasteiger partial charge on any atom is 0.243 e. The molecule has 26 heavy (non-hydrogen) atoms. The Kier molecular flexibility index (Phi) is 5.55. The number of hydrogen-bond donors (Lipinski definition) is 0. The van der Waals surface area contributed by atoms with Gasteiger partial charge in [-0.15, -0.1) is 17.9 Å². The van der Waals surface area contributed by atoms with Crippen LogP contribution in [0.25, 0.3) is 10.8 Å². The summed E-state index contributed by atoms with van der Waals surface area (Å²) in [5.41, 5.74) is 0.535. The Bertz CT molecular complexity index is 961. The number of oxazole rings is 1. The molecular formula is C18H18N2O4S2. The number of nitrogens with zero attached hydrogens (tertiary/aromatic N) is 2. The summed E-state index contributed by atoms with van der Waals surface area (Å²) in [7, 11) is -2.17. The number of sulfonamides is 1. The van der Waals surface area contributed by atoms with Crippen LogP contribution in [0.15, 0.2) is 70.0 Å². The number of benzene rings is 1. The van der Waals surface area contributed by atoms with Crippen LogP contribution in [0.5, 0.6) is 5.75 Å². The van der Waals surface area contributed by atoms with E-state index in [4.69, 9.17) is 9.15 Å². The number of ether oxygens (including phenoxy) is 1. The van der Waals surface area contributed by atoms with Crippen LogP contribution in [-0.4, -0.2) is 31.4 Å². The van der Waals surface area contributed by atoms with E-state index < -0.39 is 10.0 Å². The molecule has 0 saturated carbocycles. The van der Waals surface area contributed by atoms with E-state index in [2.05, 4.69) is 11.6 Å². The fraction of sp³-hybridized carbons (Fsp3) is 0.167. The quantitative estimate of drug-likeness (QED) is 0.547. The lowest BCUT2D eigenvalue weighted by atomic mass is 10.3. The molecule has 0 amide bonds. The predicted molar refractivity (Wildman–Crippen MR) is 101 cm³/mol. The van der Waals surface area contributed by atoms with Crippen molar-refractivity contribution in [2.45, 2.75) is 11.4 Å². The molecule has 0 aliphatic rings. The third kappa shape index (κ3) is 3.87. The molecule has 136 valence electrons. The fourth-order valence-electron chi connectivity index (χ4n) is 2.36. The van der Waals surface area contributed by atoms with Gasteiger partial charge in [-0.2, -0.15) is 4.31 Å². The van der Waals surface area contributed by atoms with Crippen molar-refractivity contribution in [2.75, 3.05) is 13.7 Å². The van der Waals surface area contributed by atoms with Crippen LogP contribution in [0.4, 0.5) is 0 Å². The second-order valence-electron chi connectivity index (χ2n) is 5.38. The summed E-state index contributed by atoms with van der Waals surface area (Å²) >= 11 is 1.51. The molecular weight excluding hydrogens is 372 g/mol. The van der Waals surface area contributed by atoms with Gasteiger partial charge in [-0.25, -0.2) is 13.4 Å². The molecule has 1 aromatic carbocycles. The first-order chi connectivity index (χ1) is 12.5. The maximum atomic E-state index is 12.9. The zero-order valence-electron chi connectivity index (χ0n) is 14.2. The Morgan fingerprint density at radius 2 is 2.08 bits per heavy atom. The van der Waals surface area contributed by atoms with Crippen molar-refractivity contribution in [1.82, 2.24) is 9.29 Å². The Balaban J connectivity index is 1.85. The summed E-state index contributed by atoms with van der Waals surface area (Å²) in [6.07, 6.45) is 3.02. The van der Waals surface area contributed by atoms with E-state index in [1.54, 1.807) is 18.2 Å². The number of hydrogen-bond acceptors (Lipinski definition) is 6. The molecule has 0 radical (unpaired) electrons. The lowest BCUT2D eigenvalue weighted by Gasteiger charge is -2.19. The van der Waals surface area contributed by atoms with Crippen LogP contribution < -0.4 is 4.74 Å². The van der Waals surface area contributed by atoms with Gasteiger partial charge >= 0.3 is 0 Å². The van der Waals surface area contributed by atoms with Gasteiger partial charge in [0.15, 0.2) is 0 Å². The molecule has 3 aromatic rings. The molecule has 8 heteroatoms. The minimum atomic E-state index is -3.70. The summed E-state index contributed by atoms with van der Waals surface area (Å²) in [6.45, 7) is 3.91. The minimum absolute atomic E-state index is 0.0925. The Morgan fingerprint density at radius 1 is 1.31 bits per heavy atom. The molecule has 6 nitrogen and oxygen atoms in total. The number of aromatic nitrogens is 1. The molecule has 0 spiro atoms. The number of methoxy groups -OCH3 is 1. The van der Waals surface area contributed by atoms with Gasteiger partial charge in [0.1, 0.15) is 12.0 Å². The summed E-state index contributed by atoms with van der Waals surface area (Å²) in [5, 5.41) is 1.93. The zero-order valence-corrected chi connectivity index (χ0v) is 15.8. The van der Waals surface area contributed by atoms with E-state index in [1.165, 1.54) is 41.1 Å². The number of thiophene rings is 1. The van der Waals surface area contributed by atoms with Crippen molar-refractivity contribution in [3.8, 4) is 16.5 Å². The first-order valence-electron chi connectivity index (χ1n) is 7.78. The van der Waals surface area contributed by atoms with Gasteiger partial charge in [-0.1, -0.05) is 12.1 Å². The topological polar surface area (TPSA) is 72.6 Å². The normalized spacial score (nSPS) is 11.6. The SMILES string of the molecule is C=CCN(Cc1coc(-c2cccs2)n1)S(=O)(=O)c1ccc(OC)cc1. The zero-order chi connectivity index (χ0) is 18.6.